The van der Waals surface area contributed by atoms with Gasteiger partial charge in [0.1, 0.15) is 5.76 Å². The number of ketones is 1. The van der Waals surface area contributed by atoms with E-state index in [4.69, 9.17) is 4.42 Å². The Morgan fingerprint density at radius 2 is 1.74 bits per heavy atom. The van der Waals surface area contributed by atoms with Gasteiger partial charge in [-0.2, -0.15) is 0 Å². The van der Waals surface area contributed by atoms with Crippen LogP contribution in [0.15, 0.2) is 59.2 Å². The Kier molecular flexibility index (Phi) is 8.14. The SMILES string of the molecule is Cc1c(O)[nH]c(O)c1C(=O)[C@@H](NC(=O)C[C@H](NC(=O)C=Cc1ccco1)c1ccccc1)C(C)C. The first-order valence-electron chi connectivity index (χ1n) is 11.2. The van der Waals surface area contributed by atoms with Crippen LogP contribution in [0.3, 0.4) is 0 Å². The van der Waals surface area contributed by atoms with Gasteiger partial charge in [0.05, 0.1) is 30.3 Å². The Bertz CT molecular complexity index is 1200. The zero-order valence-corrected chi connectivity index (χ0v) is 19.7. The number of aromatic nitrogens is 1. The van der Waals surface area contributed by atoms with Crippen LogP contribution in [-0.2, 0) is 9.59 Å². The highest BCUT2D eigenvalue weighted by atomic mass is 16.3. The Balaban J connectivity index is 1.75. The first-order valence-corrected chi connectivity index (χ1v) is 11.2. The van der Waals surface area contributed by atoms with Gasteiger partial charge in [0.25, 0.3) is 0 Å². The number of rotatable bonds is 10. The van der Waals surface area contributed by atoms with Crippen molar-refractivity contribution in [3.63, 3.8) is 0 Å². The van der Waals surface area contributed by atoms with Crippen molar-refractivity contribution < 1.29 is 29.0 Å². The molecule has 0 saturated heterocycles. The zero-order valence-electron chi connectivity index (χ0n) is 19.7. The number of furan rings is 1. The predicted octanol–water partition coefficient (Wildman–Crippen LogP) is 3.61. The van der Waals surface area contributed by atoms with E-state index in [1.54, 1.807) is 50.2 Å². The van der Waals surface area contributed by atoms with Crippen LogP contribution in [0.4, 0.5) is 0 Å². The molecule has 0 aliphatic heterocycles. The fraction of sp³-hybridized carbons (Fsp3) is 0.269. The molecule has 1 aromatic carbocycles. The third-order valence-electron chi connectivity index (χ3n) is 5.57. The Labute approximate surface area is 202 Å². The maximum absolute atomic E-state index is 13.1. The molecule has 0 spiro atoms. The lowest BCUT2D eigenvalue weighted by atomic mass is 9.93. The van der Waals surface area contributed by atoms with Crippen LogP contribution in [0.5, 0.6) is 11.8 Å². The third kappa shape index (κ3) is 6.41. The molecule has 35 heavy (non-hydrogen) atoms. The highest BCUT2D eigenvalue weighted by Crippen LogP contribution is 2.30. The number of hydrogen-bond acceptors (Lipinski definition) is 6. The summed E-state index contributed by atoms with van der Waals surface area (Å²) in [6, 6.07) is 10.8. The Morgan fingerprint density at radius 1 is 1.03 bits per heavy atom. The number of Topliss-reactive ketones (excluding diaryl/α,β-unsaturated/α-hetero) is 1. The van der Waals surface area contributed by atoms with Gasteiger partial charge in [-0.05, 0) is 36.6 Å². The molecule has 3 rings (SSSR count). The van der Waals surface area contributed by atoms with Crippen molar-refractivity contribution in [2.24, 2.45) is 5.92 Å². The number of H-pyrrole nitrogens is 1. The maximum Gasteiger partial charge on any atom is 0.244 e. The molecule has 2 amide bonds. The Morgan fingerprint density at radius 3 is 2.31 bits per heavy atom. The lowest BCUT2D eigenvalue weighted by Gasteiger charge is -2.24. The summed E-state index contributed by atoms with van der Waals surface area (Å²) in [7, 11) is 0. The largest absolute Gasteiger partial charge is 0.494 e. The molecule has 0 saturated carbocycles. The molecule has 0 aliphatic rings. The molecule has 0 bridgehead atoms. The van der Waals surface area contributed by atoms with Crippen molar-refractivity contribution in [2.75, 3.05) is 0 Å². The van der Waals surface area contributed by atoms with Gasteiger partial charge in [0.15, 0.2) is 11.7 Å². The van der Waals surface area contributed by atoms with Gasteiger partial charge < -0.3 is 25.3 Å². The van der Waals surface area contributed by atoms with Gasteiger partial charge in [0.2, 0.25) is 17.7 Å². The van der Waals surface area contributed by atoms with Crippen molar-refractivity contribution in [2.45, 2.75) is 39.3 Å². The summed E-state index contributed by atoms with van der Waals surface area (Å²) in [4.78, 5) is 41.0. The summed E-state index contributed by atoms with van der Waals surface area (Å²) in [5.74, 6) is -1.95. The smallest absolute Gasteiger partial charge is 0.244 e. The van der Waals surface area contributed by atoms with Crippen LogP contribution in [0.1, 0.15) is 53.6 Å². The van der Waals surface area contributed by atoms with Crippen LogP contribution in [0.25, 0.3) is 6.08 Å². The summed E-state index contributed by atoms with van der Waals surface area (Å²) in [6.45, 7) is 5.02. The molecule has 2 aromatic heterocycles. The second-order valence-electron chi connectivity index (χ2n) is 8.50. The fourth-order valence-electron chi connectivity index (χ4n) is 3.68. The van der Waals surface area contributed by atoms with E-state index in [2.05, 4.69) is 15.6 Å². The van der Waals surface area contributed by atoms with Gasteiger partial charge in [-0.15, -0.1) is 0 Å². The van der Waals surface area contributed by atoms with Crippen molar-refractivity contribution in [3.05, 3.63) is 77.3 Å². The van der Waals surface area contributed by atoms with Gasteiger partial charge in [-0.1, -0.05) is 44.2 Å². The molecule has 9 nitrogen and oxygen atoms in total. The van der Waals surface area contributed by atoms with Gasteiger partial charge in [-0.3, -0.25) is 19.4 Å². The summed E-state index contributed by atoms with van der Waals surface area (Å²) < 4.78 is 5.18. The number of carbonyl (C=O) groups excluding carboxylic acids is 3. The minimum Gasteiger partial charge on any atom is -0.494 e. The maximum atomic E-state index is 13.1. The predicted molar refractivity (Wildman–Crippen MR) is 130 cm³/mol. The lowest BCUT2D eigenvalue weighted by molar-refractivity contribution is -0.123. The summed E-state index contributed by atoms with van der Waals surface area (Å²) >= 11 is 0. The van der Waals surface area contributed by atoms with Gasteiger partial charge in [0, 0.05) is 11.6 Å². The number of aromatic hydroxyl groups is 2. The van der Waals surface area contributed by atoms with Crippen molar-refractivity contribution in [3.8, 4) is 11.8 Å². The van der Waals surface area contributed by atoms with E-state index in [0.717, 1.165) is 5.56 Å². The molecule has 0 fully saturated rings. The molecule has 3 aromatic rings. The molecule has 2 heterocycles. The Hall–Kier alpha value is -4.27. The number of nitrogens with one attached hydrogen (secondary N) is 3. The van der Waals surface area contributed by atoms with Crippen molar-refractivity contribution in [1.82, 2.24) is 15.6 Å². The zero-order chi connectivity index (χ0) is 25.5. The van der Waals surface area contributed by atoms with Gasteiger partial charge in [-0.25, -0.2) is 0 Å². The molecular weight excluding hydrogens is 450 g/mol. The minimum atomic E-state index is -0.951. The van der Waals surface area contributed by atoms with Crippen molar-refractivity contribution >= 4 is 23.7 Å². The molecule has 184 valence electrons. The van der Waals surface area contributed by atoms with E-state index in [0.29, 0.717) is 5.76 Å². The number of carbonyl (C=O) groups is 3. The highest BCUT2D eigenvalue weighted by molar-refractivity contribution is 6.05. The minimum absolute atomic E-state index is 0.0718. The topological polar surface area (TPSA) is 145 Å². The monoisotopic (exact) mass is 479 g/mol. The number of hydrogen-bond donors (Lipinski definition) is 5. The number of amides is 2. The lowest BCUT2D eigenvalue weighted by Crippen LogP contribution is -2.45. The van der Waals surface area contributed by atoms with Gasteiger partial charge >= 0.3 is 0 Å². The van der Waals surface area contributed by atoms with E-state index >= 15 is 0 Å². The number of benzene rings is 1. The van der Waals surface area contributed by atoms with Crippen molar-refractivity contribution in [1.29, 1.82) is 0 Å². The summed E-state index contributed by atoms with van der Waals surface area (Å²) in [5, 5.41) is 25.4. The van der Waals surface area contributed by atoms with E-state index in [9.17, 15) is 24.6 Å². The second-order valence-corrected chi connectivity index (χ2v) is 8.50. The van der Waals surface area contributed by atoms with E-state index < -0.39 is 35.6 Å². The van der Waals surface area contributed by atoms with Crippen LogP contribution < -0.4 is 10.6 Å². The average Bonchev–Trinajstić information content (AvgIpc) is 3.43. The van der Waals surface area contributed by atoms with E-state index in [-0.39, 0.29) is 29.3 Å². The summed E-state index contributed by atoms with van der Waals surface area (Å²) in [6.07, 6.45) is 4.21. The molecule has 2 atom stereocenters. The molecule has 0 aliphatic carbocycles. The average molecular weight is 480 g/mol. The summed E-state index contributed by atoms with van der Waals surface area (Å²) in [5.41, 5.74) is 0.849. The molecular formula is C26H29N3O6. The first kappa shape index (κ1) is 25.4. The quantitative estimate of drug-likeness (QED) is 0.222. The normalized spacial score (nSPS) is 13.0. The van der Waals surface area contributed by atoms with Crippen LogP contribution in [0.2, 0.25) is 0 Å². The van der Waals surface area contributed by atoms with E-state index in [1.165, 1.54) is 25.3 Å². The first-order chi connectivity index (χ1) is 16.7. The third-order valence-corrected chi connectivity index (χ3v) is 5.57. The molecule has 9 heteroatoms. The second kappa shape index (κ2) is 11.2. The van der Waals surface area contributed by atoms with Crippen LogP contribution in [-0.4, -0.2) is 38.8 Å². The molecule has 0 unspecified atom stereocenters. The highest BCUT2D eigenvalue weighted by Gasteiger charge is 2.31. The fourth-order valence-corrected chi connectivity index (χ4v) is 3.68. The van der Waals surface area contributed by atoms with E-state index in [1.807, 2.05) is 6.07 Å². The molecule has 5 N–H and O–H groups in total. The number of aromatic amines is 1. The van der Waals surface area contributed by atoms with Crippen LogP contribution >= 0.6 is 0 Å². The molecule has 0 radical (unpaired) electrons. The van der Waals surface area contributed by atoms with Crippen LogP contribution in [0, 0.1) is 12.8 Å². The standard InChI is InChI=1S/C26H29N3O6/c1-15(2)23(24(32)22-16(3)25(33)29-26(22)34)28-21(31)14-19(17-8-5-4-6-9-17)27-20(30)12-11-18-10-7-13-35-18/h4-13,15,19,23,29,33-34H,14H2,1-3H3,(H,27,30)(H,28,31)/t19-,23-/m0/s1.